The number of esters is 1. The summed E-state index contributed by atoms with van der Waals surface area (Å²) in [5.41, 5.74) is 6.09. The molecule has 3 aromatic rings. The summed E-state index contributed by atoms with van der Waals surface area (Å²) in [6, 6.07) is 14.0. The van der Waals surface area contributed by atoms with E-state index in [9.17, 15) is 9.90 Å². The third kappa shape index (κ3) is 8.44. The van der Waals surface area contributed by atoms with Crippen LogP contribution in [-0.2, 0) is 25.8 Å². The van der Waals surface area contributed by atoms with Crippen molar-refractivity contribution >= 4 is 31.6 Å². The molecular formula is C49H69ClN2O7Si. The molecule has 1 spiro atoms. The van der Waals surface area contributed by atoms with E-state index >= 15 is 0 Å². The highest BCUT2D eigenvalue weighted by Gasteiger charge is 2.55. The monoisotopic (exact) mass is 860 g/mol. The number of anilines is 1. The van der Waals surface area contributed by atoms with Crippen molar-refractivity contribution in [3.8, 4) is 17.2 Å². The maximum atomic E-state index is 13.7. The highest BCUT2D eigenvalue weighted by molar-refractivity contribution is 6.77. The number of nitrogens with zero attached hydrogens (tertiary/aromatic N) is 1. The number of aliphatic hydroxyl groups is 1. The predicted octanol–water partition coefficient (Wildman–Crippen LogP) is 11.4. The van der Waals surface area contributed by atoms with Gasteiger partial charge >= 0.3 is 5.97 Å². The van der Waals surface area contributed by atoms with Crippen molar-refractivity contribution in [2.75, 3.05) is 38.9 Å². The van der Waals surface area contributed by atoms with Crippen molar-refractivity contribution in [3.05, 3.63) is 76.1 Å². The molecule has 2 aromatic carbocycles. The first-order valence-electron chi connectivity index (χ1n) is 22.6. The molecule has 9 nitrogen and oxygen atoms in total. The Balaban J connectivity index is 1.14. The van der Waals surface area contributed by atoms with Crippen LogP contribution in [0.4, 0.5) is 5.69 Å². The van der Waals surface area contributed by atoms with Gasteiger partial charge in [0, 0.05) is 22.5 Å². The number of fused-ring (bicyclic) bond motifs is 4. The number of aromatic nitrogens is 1. The molecule has 2 heterocycles. The zero-order chi connectivity index (χ0) is 43.0. The Bertz CT molecular complexity index is 1960. The van der Waals surface area contributed by atoms with E-state index in [0.29, 0.717) is 66.1 Å². The number of hydrogen-bond donors (Lipinski definition) is 2. The molecule has 60 heavy (non-hydrogen) atoms. The fourth-order valence-corrected chi connectivity index (χ4v) is 17.6. The Labute approximate surface area is 364 Å². The van der Waals surface area contributed by atoms with Crippen LogP contribution in [-0.4, -0.2) is 63.5 Å². The van der Waals surface area contributed by atoms with Gasteiger partial charge in [0.25, 0.3) is 0 Å². The molecule has 2 N–H and O–H groups in total. The highest BCUT2D eigenvalue weighted by Crippen LogP contribution is 2.58. The van der Waals surface area contributed by atoms with E-state index < -0.39 is 13.9 Å². The number of methoxy groups -OCH3 is 1. The van der Waals surface area contributed by atoms with Crippen molar-refractivity contribution in [1.29, 1.82) is 0 Å². The molecule has 0 saturated heterocycles. The lowest BCUT2D eigenvalue weighted by molar-refractivity contribution is -0.148. The average Bonchev–Trinajstić information content (AvgIpc) is 3.34. The second-order valence-corrected chi connectivity index (χ2v) is 25.4. The van der Waals surface area contributed by atoms with E-state index in [1.54, 1.807) is 0 Å². The summed E-state index contributed by atoms with van der Waals surface area (Å²) in [5.74, 6) is 2.99. The number of rotatable bonds is 14. The molecule has 11 heteroatoms. The number of hydrogen-bond acceptors (Lipinski definition) is 9. The molecule has 1 unspecified atom stereocenters. The van der Waals surface area contributed by atoms with Gasteiger partial charge in [0.2, 0.25) is 8.32 Å². The lowest BCUT2D eigenvalue weighted by atomic mass is 9.59. The Hall–Kier alpha value is -3.31. The fourth-order valence-electron chi connectivity index (χ4n) is 11.8. The van der Waals surface area contributed by atoms with Gasteiger partial charge in [-0.2, -0.15) is 0 Å². The van der Waals surface area contributed by atoms with Crippen LogP contribution < -0.4 is 19.5 Å². The number of halogens is 1. The van der Waals surface area contributed by atoms with Gasteiger partial charge in [-0.25, -0.2) is 4.79 Å². The topological polar surface area (TPSA) is 108 Å². The molecule has 1 saturated carbocycles. The number of nitrogens with one attached hydrogen (secondary N) is 1. The molecule has 1 aromatic heterocycles. The van der Waals surface area contributed by atoms with Gasteiger partial charge in [0.05, 0.1) is 51.3 Å². The molecule has 0 radical (unpaired) electrons. The normalized spacial score (nSPS) is 26.8. The fraction of sp³-hybridized carbons (Fsp3) is 0.633. The van der Waals surface area contributed by atoms with Crippen LogP contribution in [0.15, 0.2) is 48.7 Å². The zero-order valence-electron chi connectivity index (χ0n) is 37.4. The summed E-state index contributed by atoms with van der Waals surface area (Å²) >= 11 is 6.39. The summed E-state index contributed by atoms with van der Waals surface area (Å²) in [7, 11) is -0.651. The molecule has 0 amide bonds. The zero-order valence-corrected chi connectivity index (χ0v) is 39.2. The van der Waals surface area contributed by atoms with E-state index in [2.05, 4.69) is 78.9 Å². The van der Waals surface area contributed by atoms with Crippen LogP contribution in [0.2, 0.25) is 21.6 Å². The number of aliphatic hydroxyl groups excluding tert-OH is 1. The van der Waals surface area contributed by atoms with Gasteiger partial charge in [-0.1, -0.05) is 73.1 Å². The lowest BCUT2D eigenvalue weighted by Gasteiger charge is -2.47. The largest absolute Gasteiger partial charge is 0.493 e. The standard InChI is InChI=1S/C49H69ClN2O7Si/c1-30(2)60(31(3)4,32(5)6)59-42-14-13-34(8)45-41(15-20-51-46(42)45)56-27-33(7)21-37-22-36-23-43-44(58-29-35(26-53)28-57-43)25-40(36)48(37)16-18-49(19-17-48,47(54)55-9)52-39-12-10-11-38(50)24-39/h10-12,15,20,23-25,30-35,37,42,52-53H,13-14,16-19,21-22,26-29H2,1-9H3/t33-,34+,35?,37+,42-,48?,49?/m1/s1. The summed E-state index contributed by atoms with van der Waals surface area (Å²) in [6.07, 6.45) is 8.61. The Morgan fingerprint density at radius 3 is 2.28 bits per heavy atom. The average molecular weight is 862 g/mol. The van der Waals surface area contributed by atoms with Crippen LogP contribution >= 0.6 is 11.6 Å². The van der Waals surface area contributed by atoms with Crippen LogP contribution in [0.1, 0.15) is 135 Å². The van der Waals surface area contributed by atoms with Gasteiger partial charge < -0.3 is 33.8 Å². The second-order valence-electron chi connectivity index (χ2n) is 19.6. The van der Waals surface area contributed by atoms with E-state index in [-0.39, 0.29) is 35.9 Å². The minimum atomic E-state index is -2.12. The number of ether oxygens (including phenoxy) is 4. The molecule has 328 valence electrons. The van der Waals surface area contributed by atoms with E-state index in [0.717, 1.165) is 67.2 Å². The van der Waals surface area contributed by atoms with Gasteiger partial charge in [-0.15, -0.1) is 0 Å². The van der Waals surface area contributed by atoms with Gasteiger partial charge in [-0.3, -0.25) is 4.98 Å². The molecule has 3 aliphatic carbocycles. The number of carbonyl (C=O) groups is 1. The second kappa shape index (κ2) is 18.2. The van der Waals surface area contributed by atoms with Gasteiger partial charge in [0.1, 0.15) is 11.3 Å². The molecule has 0 bridgehead atoms. The third-order valence-corrected chi connectivity index (χ3v) is 21.2. The van der Waals surface area contributed by atoms with Crippen LogP contribution in [0.3, 0.4) is 0 Å². The Kier molecular flexibility index (Phi) is 13.6. The van der Waals surface area contributed by atoms with Gasteiger partial charge in [0.15, 0.2) is 11.5 Å². The first kappa shape index (κ1) is 44.7. The van der Waals surface area contributed by atoms with Crippen LogP contribution in [0, 0.1) is 17.8 Å². The smallest absolute Gasteiger partial charge is 0.331 e. The van der Waals surface area contributed by atoms with Gasteiger partial charge in [-0.05, 0) is 139 Å². The number of benzene rings is 2. The summed E-state index contributed by atoms with van der Waals surface area (Å²) in [6.45, 7) is 20.2. The summed E-state index contributed by atoms with van der Waals surface area (Å²) in [4.78, 5) is 18.7. The molecule has 1 aliphatic heterocycles. The van der Waals surface area contributed by atoms with E-state index in [1.807, 2.05) is 30.5 Å². The SMILES string of the molecule is COC(=O)C1(Nc2cccc(Cl)c2)CCC2(CC1)c1cc3c(cc1C[C@@H]2C[C@@H](C)COc1ccnc2c1[C@@H](C)CC[C@H]2O[Si](C(C)C)(C(C)C)C(C)C)OCC(CO)CO3. The molecular weight excluding hydrogens is 792 g/mol. The van der Waals surface area contributed by atoms with Crippen molar-refractivity contribution in [1.82, 2.24) is 4.98 Å². The van der Waals surface area contributed by atoms with Crippen LogP contribution in [0.25, 0.3) is 0 Å². The van der Waals surface area contributed by atoms with Crippen molar-refractivity contribution in [3.63, 3.8) is 0 Å². The van der Waals surface area contributed by atoms with Crippen molar-refractivity contribution in [2.24, 2.45) is 17.8 Å². The van der Waals surface area contributed by atoms with E-state index in [4.69, 9.17) is 40.0 Å². The quantitative estimate of drug-likeness (QED) is 0.121. The first-order valence-corrected chi connectivity index (χ1v) is 25.1. The maximum absolute atomic E-state index is 13.7. The first-order chi connectivity index (χ1) is 28.7. The Morgan fingerprint density at radius 2 is 1.65 bits per heavy atom. The number of carbonyl (C=O) groups excluding carboxylic acids is 1. The molecule has 5 atom stereocenters. The Morgan fingerprint density at radius 1 is 0.967 bits per heavy atom. The summed E-state index contributed by atoms with van der Waals surface area (Å²) in [5, 5.41) is 14.1. The van der Waals surface area contributed by atoms with Crippen molar-refractivity contribution < 1.29 is 33.3 Å². The van der Waals surface area contributed by atoms with Crippen LogP contribution in [0.5, 0.6) is 17.2 Å². The molecule has 1 fully saturated rings. The third-order valence-electron chi connectivity index (χ3n) is 14.8. The molecule has 7 rings (SSSR count). The van der Waals surface area contributed by atoms with E-state index in [1.165, 1.54) is 23.8 Å². The minimum Gasteiger partial charge on any atom is -0.493 e. The highest BCUT2D eigenvalue weighted by atomic mass is 35.5. The lowest BCUT2D eigenvalue weighted by Crippen LogP contribution is -2.53. The molecule has 4 aliphatic rings. The predicted molar refractivity (Wildman–Crippen MR) is 241 cm³/mol. The summed E-state index contributed by atoms with van der Waals surface area (Å²) < 4.78 is 32.3. The maximum Gasteiger partial charge on any atom is 0.331 e. The minimum absolute atomic E-state index is 0.0118. The number of pyridine rings is 1. The van der Waals surface area contributed by atoms with Crippen molar-refractivity contribution in [2.45, 2.75) is 146 Å².